The van der Waals surface area contributed by atoms with Crippen LogP contribution in [0.15, 0.2) is 29.2 Å². The molecule has 128 valence electrons. The van der Waals surface area contributed by atoms with Gasteiger partial charge in [-0.15, -0.1) is 0 Å². The van der Waals surface area contributed by atoms with Gasteiger partial charge in [0.15, 0.2) is 9.84 Å². The largest absolute Gasteiger partial charge is 0.348 e. The molecule has 0 radical (unpaired) electrons. The molecule has 0 aliphatic carbocycles. The molecule has 1 heterocycles. The Balaban J connectivity index is 2.06. The molecule has 1 aliphatic heterocycles. The molecular formula is C14H20N2O5S2. The van der Waals surface area contributed by atoms with Crippen LogP contribution in [0.3, 0.4) is 0 Å². The fourth-order valence-corrected chi connectivity index (χ4v) is 5.27. The van der Waals surface area contributed by atoms with Crippen molar-refractivity contribution in [3.8, 4) is 0 Å². The molecule has 1 unspecified atom stereocenters. The predicted molar refractivity (Wildman–Crippen MR) is 86.4 cm³/mol. The summed E-state index contributed by atoms with van der Waals surface area (Å²) in [5.74, 6) is -0.382. The van der Waals surface area contributed by atoms with E-state index in [0.717, 1.165) is 0 Å². The normalized spacial score (nSPS) is 20.6. The lowest BCUT2D eigenvalue weighted by Crippen LogP contribution is -2.35. The van der Waals surface area contributed by atoms with Gasteiger partial charge in [-0.05, 0) is 44.5 Å². The number of nitrogens with one attached hydrogen (secondary N) is 2. The van der Waals surface area contributed by atoms with Crippen LogP contribution in [0, 0.1) is 0 Å². The first-order valence-electron chi connectivity index (χ1n) is 7.23. The molecule has 1 aromatic carbocycles. The Bertz CT molecular complexity index is 783. The molecule has 2 rings (SSSR count). The maximum absolute atomic E-state index is 12.1. The van der Waals surface area contributed by atoms with Gasteiger partial charge >= 0.3 is 0 Å². The van der Waals surface area contributed by atoms with Crippen molar-refractivity contribution in [1.29, 1.82) is 0 Å². The van der Waals surface area contributed by atoms with Crippen LogP contribution in [0.5, 0.6) is 0 Å². The highest BCUT2D eigenvalue weighted by Crippen LogP contribution is 2.14. The zero-order valence-corrected chi connectivity index (χ0v) is 14.6. The number of benzene rings is 1. The van der Waals surface area contributed by atoms with Crippen molar-refractivity contribution < 1.29 is 21.6 Å². The van der Waals surface area contributed by atoms with E-state index in [4.69, 9.17) is 0 Å². The second kappa shape index (κ2) is 6.58. The molecule has 0 spiro atoms. The van der Waals surface area contributed by atoms with Crippen molar-refractivity contribution in [3.63, 3.8) is 0 Å². The molecule has 0 saturated carbocycles. The molecule has 7 nitrogen and oxygen atoms in total. The number of hydrogen-bond acceptors (Lipinski definition) is 5. The number of sulfonamides is 1. The lowest BCUT2D eigenvalue weighted by molar-refractivity contribution is 0.0941. The van der Waals surface area contributed by atoms with Crippen LogP contribution < -0.4 is 10.0 Å². The molecule has 0 aromatic heterocycles. The molecule has 9 heteroatoms. The van der Waals surface area contributed by atoms with E-state index in [1.165, 1.54) is 24.3 Å². The first kappa shape index (κ1) is 17.9. The lowest BCUT2D eigenvalue weighted by Gasteiger charge is -2.12. The quantitative estimate of drug-likeness (QED) is 0.784. The zero-order chi connectivity index (χ0) is 17.3. The topological polar surface area (TPSA) is 109 Å². The first-order chi connectivity index (χ1) is 10.6. The Labute approximate surface area is 136 Å². The van der Waals surface area contributed by atoms with Crippen molar-refractivity contribution in [3.05, 3.63) is 29.8 Å². The highest BCUT2D eigenvalue weighted by atomic mass is 32.2. The van der Waals surface area contributed by atoms with Gasteiger partial charge in [-0.25, -0.2) is 21.6 Å². The number of carbonyl (C=O) groups is 1. The average Bonchev–Trinajstić information content (AvgIpc) is 2.76. The number of hydrogen-bond donors (Lipinski definition) is 2. The fourth-order valence-electron chi connectivity index (χ4n) is 2.34. The van der Waals surface area contributed by atoms with E-state index in [9.17, 15) is 21.6 Å². The summed E-state index contributed by atoms with van der Waals surface area (Å²) in [6.07, 6.45) is 0.402. The first-order valence-corrected chi connectivity index (χ1v) is 10.5. The van der Waals surface area contributed by atoms with Crippen molar-refractivity contribution >= 4 is 25.8 Å². The third kappa shape index (κ3) is 4.76. The molecule has 1 amide bonds. The highest BCUT2D eigenvalue weighted by molar-refractivity contribution is 7.91. The van der Waals surface area contributed by atoms with Gasteiger partial charge in [-0.2, -0.15) is 0 Å². The van der Waals surface area contributed by atoms with Gasteiger partial charge < -0.3 is 5.32 Å². The summed E-state index contributed by atoms with van der Waals surface area (Å²) in [4.78, 5) is 12.2. The van der Waals surface area contributed by atoms with E-state index in [1.54, 1.807) is 13.8 Å². The van der Waals surface area contributed by atoms with E-state index < -0.39 is 31.8 Å². The number of rotatable bonds is 5. The third-order valence-electron chi connectivity index (χ3n) is 3.39. The van der Waals surface area contributed by atoms with Crippen LogP contribution in [-0.4, -0.2) is 46.3 Å². The van der Waals surface area contributed by atoms with Crippen LogP contribution in [-0.2, 0) is 19.9 Å². The average molecular weight is 360 g/mol. The minimum absolute atomic E-state index is 0.0521. The number of carbonyl (C=O) groups excluding carboxylic acids is 1. The van der Waals surface area contributed by atoms with Crippen LogP contribution >= 0.6 is 0 Å². The smallest absolute Gasteiger partial charge is 0.251 e. The molecule has 1 aliphatic rings. The predicted octanol–water partition coefficient (Wildman–Crippen LogP) is 0.290. The van der Waals surface area contributed by atoms with Crippen molar-refractivity contribution in [2.45, 2.75) is 37.2 Å². The molecule has 2 N–H and O–H groups in total. The van der Waals surface area contributed by atoms with Gasteiger partial charge in [0.05, 0.1) is 16.4 Å². The van der Waals surface area contributed by atoms with Gasteiger partial charge in [0, 0.05) is 17.6 Å². The van der Waals surface area contributed by atoms with Crippen LogP contribution in [0.25, 0.3) is 0 Å². The second-order valence-electron chi connectivity index (χ2n) is 5.87. The van der Waals surface area contributed by atoms with Gasteiger partial charge in [0.25, 0.3) is 5.91 Å². The second-order valence-corrected chi connectivity index (χ2v) is 9.82. The summed E-state index contributed by atoms with van der Waals surface area (Å²) < 4.78 is 49.2. The van der Waals surface area contributed by atoms with Crippen LogP contribution in [0.1, 0.15) is 30.6 Å². The standard InChI is InChI=1S/C14H20N2O5S2/c1-10(2)16-23(20,21)13-5-3-11(4-6-13)14(17)15-12-7-8-22(18,19)9-12/h3-6,10,12,16H,7-9H2,1-2H3,(H,15,17). The maximum Gasteiger partial charge on any atom is 0.251 e. The zero-order valence-electron chi connectivity index (χ0n) is 12.9. The minimum atomic E-state index is -3.60. The number of amides is 1. The maximum atomic E-state index is 12.1. The van der Waals surface area contributed by atoms with Gasteiger partial charge in [0.1, 0.15) is 0 Å². The van der Waals surface area contributed by atoms with Gasteiger partial charge in [0.2, 0.25) is 10.0 Å². The summed E-state index contributed by atoms with van der Waals surface area (Å²) in [7, 11) is -6.66. The Morgan fingerprint density at radius 2 is 1.83 bits per heavy atom. The summed E-state index contributed by atoms with van der Waals surface area (Å²) in [5.41, 5.74) is 0.290. The molecule has 1 atom stereocenters. The number of sulfone groups is 1. The van der Waals surface area contributed by atoms with Crippen molar-refractivity contribution in [2.75, 3.05) is 11.5 Å². The Morgan fingerprint density at radius 3 is 2.30 bits per heavy atom. The molecule has 1 aromatic rings. The molecule has 1 fully saturated rings. The lowest BCUT2D eigenvalue weighted by atomic mass is 10.2. The fraction of sp³-hybridized carbons (Fsp3) is 0.500. The van der Waals surface area contributed by atoms with E-state index in [2.05, 4.69) is 10.0 Å². The van der Waals surface area contributed by atoms with Crippen LogP contribution in [0.4, 0.5) is 0 Å². The van der Waals surface area contributed by atoms with Crippen LogP contribution in [0.2, 0.25) is 0 Å². The third-order valence-corrected chi connectivity index (χ3v) is 6.83. The van der Waals surface area contributed by atoms with E-state index >= 15 is 0 Å². The summed E-state index contributed by atoms with van der Waals surface area (Å²) in [6.45, 7) is 3.43. The van der Waals surface area contributed by atoms with E-state index in [-0.39, 0.29) is 28.0 Å². The van der Waals surface area contributed by atoms with E-state index in [0.29, 0.717) is 6.42 Å². The van der Waals surface area contributed by atoms with E-state index in [1.807, 2.05) is 0 Å². The summed E-state index contributed by atoms with van der Waals surface area (Å²) in [5, 5.41) is 2.66. The Hall–Kier alpha value is -1.45. The Morgan fingerprint density at radius 1 is 1.22 bits per heavy atom. The van der Waals surface area contributed by atoms with Gasteiger partial charge in [-0.1, -0.05) is 0 Å². The Kier molecular flexibility index (Phi) is 5.12. The molecule has 1 saturated heterocycles. The molecular weight excluding hydrogens is 340 g/mol. The van der Waals surface area contributed by atoms with Crippen molar-refractivity contribution in [1.82, 2.24) is 10.0 Å². The molecule has 0 bridgehead atoms. The SMILES string of the molecule is CC(C)NS(=O)(=O)c1ccc(C(=O)NC2CCS(=O)(=O)C2)cc1. The van der Waals surface area contributed by atoms with Crippen molar-refractivity contribution in [2.24, 2.45) is 0 Å². The summed E-state index contributed by atoms with van der Waals surface area (Å²) in [6, 6.07) is 4.91. The minimum Gasteiger partial charge on any atom is -0.348 e. The monoisotopic (exact) mass is 360 g/mol. The highest BCUT2D eigenvalue weighted by Gasteiger charge is 2.29. The van der Waals surface area contributed by atoms with Gasteiger partial charge in [-0.3, -0.25) is 4.79 Å². The molecule has 23 heavy (non-hydrogen) atoms. The summed E-state index contributed by atoms with van der Waals surface area (Å²) >= 11 is 0.